The lowest BCUT2D eigenvalue weighted by Crippen LogP contribution is -2.27. The highest BCUT2D eigenvalue weighted by atomic mass is 16.5. The Morgan fingerprint density at radius 2 is 1.96 bits per heavy atom. The molecule has 0 bridgehead atoms. The van der Waals surface area contributed by atoms with Gasteiger partial charge in [0.2, 0.25) is 0 Å². The number of nitrogens with one attached hydrogen (secondary N) is 1. The van der Waals surface area contributed by atoms with Crippen LogP contribution in [0.5, 0.6) is 5.75 Å². The number of benzene rings is 1. The first-order chi connectivity index (χ1) is 12.3. The second-order valence-corrected chi connectivity index (χ2v) is 6.64. The van der Waals surface area contributed by atoms with Gasteiger partial charge in [0.25, 0.3) is 0 Å². The van der Waals surface area contributed by atoms with Gasteiger partial charge in [-0.2, -0.15) is 5.10 Å². The van der Waals surface area contributed by atoms with Crippen LogP contribution in [0.1, 0.15) is 22.6 Å². The molecule has 0 saturated carbocycles. The van der Waals surface area contributed by atoms with E-state index in [0.29, 0.717) is 18.2 Å². The van der Waals surface area contributed by atoms with Gasteiger partial charge in [-0.15, -0.1) is 0 Å². The Labute approximate surface area is 153 Å². The van der Waals surface area contributed by atoms with E-state index in [9.17, 15) is 5.11 Å². The Kier molecular flexibility index (Phi) is 5.08. The number of anilines is 1. The van der Waals surface area contributed by atoms with Gasteiger partial charge in [0.15, 0.2) is 5.65 Å². The first-order valence-corrected chi connectivity index (χ1v) is 8.65. The van der Waals surface area contributed by atoms with Gasteiger partial charge in [-0.25, -0.2) is 9.97 Å². The van der Waals surface area contributed by atoms with E-state index >= 15 is 0 Å². The minimum atomic E-state index is -0.669. The van der Waals surface area contributed by atoms with E-state index < -0.39 is 6.10 Å². The lowest BCUT2D eigenvalue weighted by molar-refractivity contribution is 0.117. The molecule has 0 amide bonds. The molecule has 0 aliphatic heterocycles. The fourth-order valence-corrected chi connectivity index (χ4v) is 3.00. The van der Waals surface area contributed by atoms with Crippen LogP contribution in [0, 0.1) is 27.7 Å². The predicted octanol–water partition coefficient (Wildman–Crippen LogP) is 2.45. The summed E-state index contributed by atoms with van der Waals surface area (Å²) in [6, 6.07) is 5.99. The highest BCUT2D eigenvalue weighted by molar-refractivity contribution is 5.89. The normalized spacial score (nSPS) is 12.4. The molecule has 1 aromatic carbocycles. The number of nitrogens with zero attached hydrogens (tertiary/aromatic N) is 4. The molecule has 1 atom stereocenters. The lowest BCUT2D eigenvalue weighted by Gasteiger charge is -2.15. The highest BCUT2D eigenvalue weighted by Gasteiger charge is 2.15. The summed E-state index contributed by atoms with van der Waals surface area (Å²) in [5, 5.41) is 18.8. The van der Waals surface area contributed by atoms with Gasteiger partial charge in [-0.1, -0.05) is 17.7 Å². The van der Waals surface area contributed by atoms with E-state index in [1.165, 1.54) is 5.56 Å². The minimum Gasteiger partial charge on any atom is -0.491 e. The summed E-state index contributed by atoms with van der Waals surface area (Å²) < 4.78 is 7.48. The fraction of sp³-hybridized carbons (Fsp3) is 0.421. The van der Waals surface area contributed by atoms with E-state index in [0.717, 1.165) is 28.0 Å². The topological polar surface area (TPSA) is 85.1 Å². The average Bonchev–Trinajstić information content (AvgIpc) is 2.86. The van der Waals surface area contributed by atoms with Crippen LogP contribution in [0.25, 0.3) is 11.0 Å². The van der Waals surface area contributed by atoms with Crippen molar-refractivity contribution in [3.05, 3.63) is 40.8 Å². The molecule has 1 unspecified atom stereocenters. The van der Waals surface area contributed by atoms with Crippen molar-refractivity contribution in [3.8, 4) is 5.75 Å². The van der Waals surface area contributed by atoms with Gasteiger partial charge in [-0.3, -0.25) is 4.68 Å². The molecule has 7 heteroatoms. The van der Waals surface area contributed by atoms with Crippen LogP contribution in [0.15, 0.2) is 18.2 Å². The summed E-state index contributed by atoms with van der Waals surface area (Å²) in [6.07, 6.45) is -0.669. The van der Waals surface area contributed by atoms with Gasteiger partial charge >= 0.3 is 0 Å². The number of aliphatic hydroxyl groups is 1. The maximum atomic E-state index is 10.3. The molecule has 0 aliphatic carbocycles. The number of hydrogen-bond acceptors (Lipinski definition) is 6. The summed E-state index contributed by atoms with van der Waals surface area (Å²) in [5.41, 5.74) is 3.88. The number of ether oxygens (including phenoxy) is 1. The van der Waals surface area contributed by atoms with Crippen molar-refractivity contribution in [2.45, 2.75) is 33.8 Å². The van der Waals surface area contributed by atoms with Crippen LogP contribution in [0.4, 0.5) is 5.82 Å². The maximum Gasteiger partial charge on any atom is 0.163 e. The van der Waals surface area contributed by atoms with Crippen LogP contribution >= 0.6 is 0 Å². The molecule has 138 valence electrons. The van der Waals surface area contributed by atoms with Gasteiger partial charge in [0, 0.05) is 13.6 Å². The van der Waals surface area contributed by atoms with E-state index in [-0.39, 0.29) is 6.61 Å². The van der Waals surface area contributed by atoms with E-state index in [2.05, 4.69) is 26.4 Å². The van der Waals surface area contributed by atoms with Crippen molar-refractivity contribution < 1.29 is 9.84 Å². The zero-order valence-electron chi connectivity index (χ0n) is 15.9. The smallest absolute Gasteiger partial charge is 0.163 e. The molecule has 0 aliphatic rings. The van der Waals surface area contributed by atoms with Crippen molar-refractivity contribution in [3.63, 3.8) is 0 Å². The molecule has 3 rings (SSSR count). The lowest BCUT2D eigenvalue weighted by atomic mass is 10.1. The average molecular weight is 355 g/mol. The number of hydrogen-bond donors (Lipinski definition) is 2. The van der Waals surface area contributed by atoms with E-state index in [4.69, 9.17) is 4.74 Å². The van der Waals surface area contributed by atoms with Gasteiger partial charge < -0.3 is 15.2 Å². The Hall–Kier alpha value is -2.67. The van der Waals surface area contributed by atoms with Crippen LogP contribution in [-0.2, 0) is 7.05 Å². The van der Waals surface area contributed by atoms with Crippen molar-refractivity contribution in [1.82, 2.24) is 19.7 Å². The van der Waals surface area contributed by atoms with Crippen molar-refractivity contribution in [2.75, 3.05) is 18.5 Å². The molecular formula is C19H25N5O2. The standard InChI is InChI=1S/C19H25N5O2/c1-11-6-7-16(12(2)8-11)26-10-15(25)9-20-18-17-13(3)23-24(5)19(17)22-14(4)21-18/h6-8,15,25H,9-10H2,1-5H3,(H,20,21,22). The third kappa shape index (κ3) is 3.77. The summed E-state index contributed by atoms with van der Waals surface area (Å²) in [4.78, 5) is 8.90. The number of fused-ring (bicyclic) bond motifs is 1. The number of rotatable bonds is 6. The van der Waals surface area contributed by atoms with Crippen LogP contribution in [0.2, 0.25) is 0 Å². The molecule has 3 aromatic rings. The second kappa shape index (κ2) is 7.29. The molecule has 2 heterocycles. The molecule has 26 heavy (non-hydrogen) atoms. The minimum absolute atomic E-state index is 0.204. The van der Waals surface area contributed by atoms with Crippen molar-refractivity contribution in [2.24, 2.45) is 7.05 Å². The third-order valence-electron chi connectivity index (χ3n) is 4.24. The summed E-state index contributed by atoms with van der Waals surface area (Å²) in [7, 11) is 1.86. The zero-order chi connectivity index (χ0) is 18.8. The number of aryl methyl sites for hydroxylation is 5. The van der Waals surface area contributed by atoms with Gasteiger partial charge in [-0.05, 0) is 39.3 Å². The Bertz CT molecular complexity index is 935. The fourth-order valence-electron chi connectivity index (χ4n) is 3.00. The largest absolute Gasteiger partial charge is 0.491 e. The summed E-state index contributed by atoms with van der Waals surface area (Å²) in [5.74, 6) is 2.13. The van der Waals surface area contributed by atoms with Crippen LogP contribution < -0.4 is 10.1 Å². The molecule has 0 saturated heterocycles. The van der Waals surface area contributed by atoms with Gasteiger partial charge in [0.05, 0.1) is 11.1 Å². The maximum absolute atomic E-state index is 10.3. The first-order valence-electron chi connectivity index (χ1n) is 8.65. The molecule has 0 spiro atoms. The van der Waals surface area contributed by atoms with Crippen LogP contribution in [0.3, 0.4) is 0 Å². The van der Waals surface area contributed by atoms with Crippen molar-refractivity contribution in [1.29, 1.82) is 0 Å². The zero-order valence-corrected chi connectivity index (χ0v) is 15.9. The van der Waals surface area contributed by atoms with Crippen molar-refractivity contribution >= 4 is 16.9 Å². The number of aromatic nitrogens is 4. The molecular weight excluding hydrogens is 330 g/mol. The summed E-state index contributed by atoms with van der Waals surface area (Å²) in [6.45, 7) is 8.33. The molecule has 2 aromatic heterocycles. The van der Waals surface area contributed by atoms with E-state index in [1.807, 2.05) is 46.9 Å². The molecule has 7 nitrogen and oxygen atoms in total. The Balaban J connectivity index is 1.66. The quantitative estimate of drug-likeness (QED) is 0.706. The van der Waals surface area contributed by atoms with E-state index in [1.54, 1.807) is 4.68 Å². The molecule has 0 radical (unpaired) electrons. The Morgan fingerprint density at radius 1 is 1.19 bits per heavy atom. The molecule has 0 fully saturated rings. The summed E-state index contributed by atoms with van der Waals surface area (Å²) >= 11 is 0. The second-order valence-electron chi connectivity index (χ2n) is 6.64. The first kappa shape index (κ1) is 18.1. The van der Waals surface area contributed by atoms with Crippen LogP contribution in [-0.4, -0.2) is 44.1 Å². The molecule has 2 N–H and O–H groups in total. The third-order valence-corrected chi connectivity index (χ3v) is 4.24. The predicted molar refractivity (Wildman–Crippen MR) is 102 cm³/mol. The highest BCUT2D eigenvalue weighted by Crippen LogP contribution is 2.23. The monoisotopic (exact) mass is 355 g/mol. The number of aliphatic hydroxyl groups excluding tert-OH is 1. The van der Waals surface area contributed by atoms with Gasteiger partial charge in [0.1, 0.15) is 30.1 Å². The SMILES string of the molecule is Cc1ccc(OCC(O)CNc2nc(C)nc3c2c(C)nn3C)c(C)c1. The Morgan fingerprint density at radius 3 is 2.69 bits per heavy atom.